The first-order chi connectivity index (χ1) is 10.0. The van der Waals surface area contributed by atoms with E-state index in [4.69, 9.17) is 5.11 Å². The molecule has 0 aliphatic heterocycles. The molecule has 4 nitrogen and oxygen atoms in total. The standard InChI is InChI=1S/C15H10F2N2O2/c16-11-3-1-10(12(17)6-11)7-19-8-18-13-4-2-9(15(20)21)5-14(13)19/h1-6,8H,7H2,(H,20,21). The number of aromatic nitrogens is 2. The quantitative estimate of drug-likeness (QED) is 0.806. The lowest BCUT2D eigenvalue weighted by atomic mass is 10.2. The summed E-state index contributed by atoms with van der Waals surface area (Å²) in [5.74, 6) is -2.33. The predicted molar refractivity (Wildman–Crippen MR) is 72.2 cm³/mol. The van der Waals surface area contributed by atoms with E-state index in [1.165, 1.54) is 30.6 Å². The summed E-state index contributed by atoms with van der Waals surface area (Å²) in [4.78, 5) is 15.1. The molecule has 0 amide bonds. The minimum atomic E-state index is -1.04. The molecular weight excluding hydrogens is 278 g/mol. The first kappa shape index (κ1) is 13.2. The predicted octanol–water partition coefficient (Wildman–Crippen LogP) is 3.06. The second-order valence-corrected chi connectivity index (χ2v) is 4.62. The summed E-state index contributed by atoms with van der Waals surface area (Å²) in [6.45, 7) is 0.145. The van der Waals surface area contributed by atoms with Gasteiger partial charge < -0.3 is 9.67 Å². The van der Waals surface area contributed by atoms with Gasteiger partial charge in [-0.3, -0.25) is 0 Å². The molecule has 3 aromatic rings. The molecule has 106 valence electrons. The van der Waals surface area contributed by atoms with Crippen molar-refractivity contribution in [3.63, 3.8) is 0 Å². The third kappa shape index (κ3) is 2.47. The second kappa shape index (κ2) is 4.97. The van der Waals surface area contributed by atoms with Gasteiger partial charge >= 0.3 is 5.97 Å². The van der Waals surface area contributed by atoms with E-state index in [0.717, 1.165) is 6.07 Å². The fourth-order valence-electron chi connectivity index (χ4n) is 2.15. The van der Waals surface area contributed by atoms with E-state index in [-0.39, 0.29) is 12.1 Å². The van der Waals surface area contributed by atoms with Gasteiger partial charge in [0.25, 0.3) is 0 Å². The van der Waals surface area contributed by atoms with E-state index < -0.39 is 17.6 Å². The van der Waals surface area contributed by atoms with Crippen LogP contribution in [0.2, 0.25) is 0 Å². The fraction of sp³-hybridized carbons (Fsp3) is 0.0667. The van der Waals surface area contributed by atoms with Crippen LogP contribution in [0.4, 0.5) is 8.78 Å². The Bertz CT molecular complexity index is 843. The summed E-state index contributed by atoms with van der Waals surface area (Å²) in [5, 5.41) is 9.01. The smallest absolute Gasteiger partial charge is 0.335 e. The molecule has 0 saturated carbocycles. The molecule has 6 heteroatoms. The van der Waals surface area contributed by atoms with Gasteiger partial charge in [0.2, 0.25) is 0 Å². The van der Waals surface area contributed by atoms with Crippen LogP contribution in [0, 0.1) is 11.6 Å². The number of hydrogen-bond acceptors (Lipinski definition) is 2. The second-order valence-electron chi connectivity index (χ2n) is 4.62. The molecule has 0 fully saturated rings. The Balaban J connectivity index is 2.04. The van der Waals surface area contributed by atoms with Crippen LogP contribution in [0.15, 0.2) is 42.7 Å². The topological polar surface area (TPSA) is 55.1 Å². The van der Waals surface area contributed by atoms with Crippen molar-refractivity contribution in [2.75, 3.05) is 0 Å². The van der Waals surface area contributed by atoms with Gasteiger partial charge in [-0.05, 0) is 24.3 Å². The van der Waals surface area contributed by atoms with Crippen molar-refractivity contribution in [2.45, 2.75) is 6.54 Å². The zero-order valence-corrected chi connectivity index (χ0v) is 10.8. The number of carbonyl (C=O) groups is 1. The summed E-state index contributed by atoms with van der Waals surface area (Å²) in [5.41, 5.74) is 1.63. The maximum absolute atomic E-state index is 13.7. The maximum atomic E-state index is 13.7. The van der Waals surface area contributed by atoms with Crippen molar-refractivity contribution >= 4 is 17.0 Å². The minimum absolute atomic E-state index is 0.129. The molecule has 0 bridgehead atoms. The number of rotatable bonds is 3. The van der Waals surface area contributed by atoms with Crippen molar-refractivity contribution in [2.24, 2.45) is 0 Å². The average molecular weight is 288 g/mol. The molecular formula is C15H10F2N2O2. The molecule has 0 atom stereocenters. The molecule has 2 aromatic carbocycles. The van der Waals surface area contributed by atoms with Gasteiger partial charge in [-0.25, -0.2) is 18.6 Å². The summed E-state index contributed by atoms with van der Waals surface area (Å²) < 4.78 is 28.2. The lowest BCUT2D eigenvalue weighted by Gasteiger charge is -2.06. The van der Waals surface area contributed by atoms with Gasteiger partial charge in [0.05, 0.1) is 29.5 Å². The van der Waals surface area contributed by atoms with Gasteiger partial charge in [-0.15, -0.1) is 0 Å². The van der Waals surface area contributed by atoms with E-state index in [1.807, 2.05) is 0 Å². The Morgan fingerprint density at radius 1 is 1.19 bits per heavy atom. The molecule has 3 rings (SSSR count). The first-order valence-electron chi connectivity index (χ1n) is 6.17. The normalized spacial score (nSPS) is 11.0. The zero-order chi connectivity index (χ0) is 15.0. The number of nitrogens with zero attached hydrogens (tertiary/aromatic N) is 2. The lowest BCUT2D eigenvalue weighted by Crippen LogP contribution is -2.02. The van der Waals surface area contributed by atoms with Gasteiger partial charge in [0, 0.05) is 11.6 Å². The van der Waals surface area contributed by atoms with Crippen LogP contribution in [0.25, 0.3) is 11.0 Å². The van der Waals surface area contributed by atoms with Crippen LogP contribution < -0.4 is 0 Å². The van der Waals surface area contributed by atoms with Gasteiger partial charge in [0.15, 0.2) is 0 Å². The molecule has 0 spiro atoms. The highest BCUT2D eigenvalue weighted by molar-refractivity contribution is 5.92. The van der Waals surface area contributed by atoms with Gasteiger partial charge in [0.1, 0.15) is 11.6 Å². The molecule has 0 unspecified atom stereocenters. The highest BCUT2D eigenvalue weighted by atomic mass is 19.1. The molecule has 1 N–H and O–H groups in total. The number of carboxylic acids is 1. The Morgan fingerprint density at radius 2 is 2.00 bits per heavy atom. The average Bonchev–Trinajstić information content (AvgIpc) is 2.84. The van der Waals surface area contributed by atoms with Crippen molar-refractivity contribution in [3.05, 3.63) is 65.5 Å². The molecule has 0 aliphatic carbocycles. The molecule has 1 aromatic heterocycles. The summed E-state index contributed by atoms with van der Waals surface area (Å²) in [7, 11) is 0. The highest BCUT2D eigenvalue weighted by Gasteiger charge is 2.10. The van der Waals surface area contributed by atoms with E-state index in [2.05, 4.69) is 4.98 Å². The Labute approximate surface area is 118 Å². The van der Waals surface area contributed by atoms with Crippen molar-refractivity contribution in [1.29, 1.82) is 0 Å². The zero-order valence-electron chi connectivity index (χ0n) is 10.8. The minimum Gasteiger partial charge on any atom is -0.478 e. The number of benzene rings is 2. The van der Waals surface area contributed by atoms with Crippen LogP contribution in [-0.2, 0) is 6.54 Å². The maximum Gasteiger partial charge on any atom is 0.335 e. The number of carboxylic acid groups (broad SMARTS) is 1. The van der Waals surface area contributed by atoms with Crippen LogP contribution in [0.3, 0.4) is 0 Å². The first-order valence-corrected chi connectivity index (χ1v) is 6.17. The number of fused-ring (bicyclic) bond motifs is 1. The summed E-state index contributed by atoms with van der Waals surface area (Å²) >= 11 is 0. The number of hydrogen-bond donors (Lipinski definition) is 1. The van der Waals surface area contributed by atoms with Crippen LogP contribution >= 0.6 is 0 Å². The Kier molecular flexibility index (Phi) is 3.13. The third-order valence-corrected chi connectivity index (χ3v) is 3.22. The molecule has 21 heavy (non-hydrogen) atoms. The number of halogens is 2. The van der Waals surface area contributed by atoms with E-state index >= 15 is 0 Å². The van der Waals surface area contributed by atoms with Crippen molar-refractivity contribution in [3.8, 4) is 0 Å². The van der Waals surface area contributed by atoms with Crippen molar-refractivity contribution < 1.29 is 18.7 Å². The van der Waals surface area contributed by atoms with Crippen LogP contribution in [-0.4, -0.2) is 20.6 Å². The molecule has 0 aliphatic rings. The van der Waals surface area contributed by atoms with E-state index in [1.54, 1.807) is 10.6 Å². The third-order valence-electron chi connectivity index (χ3n) is 3.22. The highest BCUT2D eigenvalue weighted by Crippen LogP contribution is 2.18. The Morgan fingerprint density at radius 3 is 2.71 bits per heavy atom. The number of imidazole rings is 1. The monoisotopic (exact) mass is 288 g/mol. The number of aromatic carboxylic acids is 1. The van der Waals surface area contributed by atoms with E-state index in [0.29, 0.717) is 16.6 Å². The largest absolute Gasteiger partial charge is 0.478 e. The van der Waals surface area contributed by atoms with Crippen LogP contribution in [0.5, 0.6) is 0 Å². The summed E-state index contributed by atoms with van der Waals surface area (Å²) in [6.07, 6.45) is 1.50. The SMILES string of the molecule is O=C(O)c1ccc2ncn(Cc3ccc(F)cc3F)c2c1. The van der Waals surface area contributed by atoms with Crippen LogP contribution in [0.1, 0.15) is 15.9 Å². The Hall–Kier alpha value is -2.76. The summed E-state index contributed by atoms with van der Waals surface area (Å²) in [6, 6.07) is 7.89. The van der Waals surface area contributed by atoms with Gasteiger partial charge in [-0.1, -0.05) is 6.07 Å². The fourth-order valence-corrected chi connectivity index (χ4v) is 2.15. The van der Waals surface area contributed by atoms with Gasteiger partial charge in [-0.2, -0.15) is 0 Å². The van der Waals surface area contributed by atoms with Crippen molar-refractivity contribution in [1.82, 2.24) is 9.55 Å². The molecule has 0 saturated heterocycles. The molecule has 1 heterocycles. The van der Waals surface area contributed by atoms with E-state index in [9.17, 15) is 13.6 Å². The molecule has 0 radical (unpaired) electrons. The lowest BCUT2D eigenvalue weighted by molar-refractivity contribution is 0.0697.